The number of para-hydroxylation sites is 2. The summed E-state index contributed by atoms with van der Waals surface area (Å²) in [7, 11) is 3.43. The van der Waals surface area contributed by atoms with Gasteiger partial charge in [0.1, 0.15) is 11.4 Å². The van der Waals surface area contributed by atoms with E-state index in [0.29, 0.717) is 17.9 Å². The number of nitrogens with zero attached hydrogens (tertiary/aromatic N) is 4. The second kappa shape index (κ2) is 8.07. The molecule has 0 unspecified atom stereocenters. The van der Waals surface area contributed by atoms with Gasteiger partial charge in [-0.25, -0.2) is 4.68 Å². The first-order chi connectivity index (χ1) is 13.0. The predicted molar refractivity (Wildman–Crippen MR) is 103 cm³/mol. The van der Waals surface area contributed by atoms with E-state index in [0.717, 1.165) is 29.9 Å². The highest BCUT2D eigenvalue weighted by Gasteiger charge is 2.16. The van der Waals surface area contributed by atoms with Crippen molar-refractivity contribution in [1.29, 1.82) is 0 Å². The molecular formula is C20H25N5O2. The largest absolute Gasteiger partial charge is 0.494 e. The number of benzene rings is 1. The molecule has 3 aromatic rings. The molecule has 0 spiro atoms. The molecule has 2 heterocycles. The minimum absolute atomic E-state index is 0.0446. The second-order valence-electron chi connectivity index (χ2n) is 6.59. The number of ether oxygens (including phenoxy) is 1. The molecule has 7 heteroatoms. The van der Waals surface area contributed by atoms with Crippen LogP contribution < -0.4 is 4.74 Å². The maximum Gasteiger partial charge on any atom is 0.256 e. The SMILES string of the molecule is COc1ccccc1-n1cc(C(=O)N(C)CCCc2c(C)n[nH]c2C)cn1. The molecule has 1 N–H and O–H groups in total. The Morgan fingerprint density at radius 2 is 2.07 bits per heavy atom. The fourth-order valence-electron chi connectivity index (χ4n) is 3.14. The first kappa shape index (κ1) is 18.7. The van der Waals surface area contributed by atoms with Crippen LogP contribution >= 0.6 is 0 Å². The predicted octanol–water partition coefficient (Wildman–Crippen LogP) is 2.93. The van der Waals surface area contributed by atoms with Gasteiger partial charge in [-0.15, -0.1) is 0 Å². The summed E-state index contributed by atoms with van der Waals surface area (Å²) in [6, 6.07) is 7.58. The van der Waals surface area contributed by atoms with E-state index >= 15 is 0 Å². The van der Waals surface area contributed by atoms with E-state index in [9.17, 15) is 4.79 Å². The molecule has 0 fully saturated rings. The Kier molecular flexibility index (Phi) is 5.59. The lowest BCUT2D eigenvalue weighted by molar-refractivity contribution is 0.0793. The van der Waals surface area contributed by atoms with E-state index in [-0.39, 0.29) is 5.91 Å². The monoisotopic (exact) mass is 367 g/mol. The number of amides is 1. The molecule has 0 radical (unpaired) electrons. The van der Waals surface area contributed by atoms with Gasteiger partial charge >= 0.3 is 0 Å². The van der Waals surface area contributed by atoms with E-state index in [1.807, 2.05) is 45.2 Å². The molecule has 0 saturated heterocycles. The number of hydrogen-bond acceptors (Lipinski definition) is 4. The van der Waals surface area contributed by atoms with Crippen LogP contribution in [0.2, 0.25) is 0 Å². The number of methoxy groups -OCH3 is 1. The Morgan fingerprint density at radius 3 is 2.78 bits per heavy atom. The Balaban J connectivity index is 1.63. The molecule has 0 aliphatic rings. The fraction of sp³-hybridized carbons (Fsp3) is 0.350. The molecule has 0 saturated carbocycles. The van der Waals surface area contributed by atoms with Crippen molar-refractivity contribution in [2.24, 2.45) is 0 Å². The van der Waals surface area contributed by atoms with Crippen LogP contribution in [0.3, 0.4) is 0 Å². The van der Waals surface area contributed by atoms with Crippen molar-refractivity contribution in [2.75, 3.05) is 20.7 Å². The van der Waals surface area contributed by atoms with Crippen LogP contribution in [0.25, 0.3) is 5.69 Å². The third kappa shape index (κ3) is 4.02. The third-order valence-corrected chi connectivity index (χ3v) is 4.71. The Morgan fingerprint density at radius 1 is 1.30 bits per heavy atom. The third-order valence-electron chi connectivity index (χ3n) is 4.71. The summed E-state index contributed by atoms with van der Waals surface area (Å²) >= 11 is 0. The van der Waals surface area contributed by atoms with Crippen molar-refractivity contribution in [3.05, 3.63) is 59.2 Å². The topological polar surface area (TPSA) is 76.0 Å². The lowest BCUT2D eigenvalue weighted by atomic mass is 10.1. The highest BCUT2D eigenvalue weighted by Crippen LogP contribution is 2.22. The van der Waals surface area contributed by atoms with E-state index < -0.39 is 0 Å². The average Bonchev–Trinajstić information content (AvgIpc) is 3.29. The van der Waals surface area contributed by atoms with Crippen molar-refractivity contribution in [3.8, 4) is 11.4 Å². The lowest BCUT2D eigenvalue weighted by Gasteiger charge is -2.16. The number of hydrogen-bond donors (Lipinski definition) is 1. The average molecular weight is 367 g/mol. The standard InChI is InChI=1S/C20H25N5O2/c1-14-17(15(2)23-22-14)8-7-11-24(3)20(26)16-12-21-25(13-16)18-9-5-6-10-19(18)27-4/h5-6,9-10,12-13H,7-8,11H2,1-4H3,(H,22,23). The molecular weight excluding hydrogens is 342 g/mol. The van der Waals surface area contributed by atoms with Crippen LogP contribution in [0.1, 0.15) is 33.7 Å². The number of carbonyl (C=O) groups is 1. The molecule has 0 aliphatic heterocycles. The minimum Gasteiger partial charge on any atom is -0.494 e. The van der Waals surface area contributed by atoms with Crippen molar-refractivity contribution in [3.63, 3.8) is 0 Å². The molecule has 142 valence electrons. The van der Waals surface area contributed by atoms with Gasteiger partial charge in [-0.3, -0.25) is 9.89 Å². The smallest absolute Gasteiger partial charge is 0.256 e. The maximum absolute atomic E-state index is 12.7. The Bertz CT molecular complexity index is 909. The number of H-pyrrole nitrogens is 1. The van der Waals surface area contributed by atoms with Gasteiger partial charge in [0, 0.05) is 25.5 Å². The van der Waals surface area contributed by atoms with Crippen molar-refractivity contribution < 1.29 is 9.53 Å². The number of nitrogens with one attached hydrogen (secondary N) is 1. The normalized spacial score (nSPS) is 10.8. The summed E-state index contributed by atoms with van der Waals surface area (Å²) in [4.78, 5) is 14.4. The van der Waals surface area contributed by atoms with Gasteiger partial charge in [0.05, 0.1) is 24.6 Å². The summed E-state index contributed by atoms with van der Waals surface area (Å²) in [5, 5.41) is 11.5. The van der Waals surface area contributed by atoms with Gasteiger partial charge in [0.15, 0.2) is 0 Å². The van der Waals surface area contributed by atoms with Gasteiger partial charge in [-0.05, 0) is 44.4 Å². The summed E-state index contributed by atoms with van der Waals surface area (Å²) in [6.45, 7) is 4.69. The zero-order chi connectivity index (χ0) is 19.4. The maximum atomic E-state index is 12.7. The zero-order valence-corrected chi connectivity index (χ0v) is 16.2. The van der Waals surface area contributed by atoms with E-state index in [4.69, 9.17) is 4.74 Å². The highest BCUT2D eigenvalue weighted by molar-refractivity contribution is 5.93. The minimum atomic E-state index is -0.0446. The fourth-order valence-corrected chi connectivity index (χ4v) is 3.14. The van der Waals surface area contributed by atoms with Crippen molar-refractivity contribution >= 4 is 5.91 Å². The van der Waals surface area contributed by atoms with E-state index in [2.05, 4.69) is 15.3 Å². The molecule has 0 atom stereocenters. The zero-order valence-electron chi connectivity index (χ0n) is 16.2. The van der Waals surface area contributed by atoms with Crippen molar-refractivity contribution in [1.82, 2.24) is 24.9 Å². The van der Waals surface area contributed by atoms with Gasteiger partial charge in [0.2, 0.25) is 0 Å². The van der Waals surface area contributed by atoms with Crippen LogP contribution in [0, 0.1) is 13.8 Å². The van der Waals surface area contributed by atoms with Gasteiger partial charge in [0.25, 0.3) is 5.91 Å². The Labute approximate surface area is 159 Å². The summed E-state index contributed by atoms with van der Waals surface area (Å²) in [5.74, 6) is 0.663. The number of carbonyl (C=O) groups excluding carboxylic acids is 1. The van der Waals surface area contributed by atoms with Crippen LogP contribution in [-0.4, -0.2) is 51.5 Å². The summed E-state index contributed by atoms with van der Waals surface area (Å²) in [6.07, 6.45) is 5.10. The van der Waals surface area contributed by atoms with Crippen LogP contribution in [0.5, 0.6) is 5.75 Å². The number of aryl methyl sites for hydroxylation is 2. The number of rotatable bonds is 7. The summed E-state index contributed by atoms with van der Waals surface area (Å²) < 4.78 is 7.03. The first-order valence-corrected chi connectivity index (χ1v) is 8.95. The molecule has 1 amide bonds. The second-order valence-corrected chi connectivity index (χ2v) is 6.59. The molecule has 1 aromatic carbocycles. The molecule has 0 aliphatic carbocycles. The van der Waals surface area contributed by atoms with Gasteiger partial charge in [-0.2, -0.15) is 10.2 Å². The molecule has 3 rings (SSSR count). The Hall–Kier alpha value is -3.09. The molecule has 0 bridgehead atoms. The first-order valence-electron chi connectivity index (χ1n) is 8.95. The quantitative estimate of drug-likeness (QED) is 0.697. The number of aromatic nitrogens is 4. The lowest BCUT2D eigenvalue weighted by Crippen LogP contribution is -2.27. The molecule has 2 aromatic heterocycles. The summed E-state index contributed by atoms with van der Waals surface area (Å²) in [5.41, 5.74) is 4.71. The highest BCUT2D eigenvalue weighted by atomic mass is 16.5. The van der Waals surface area contributed by atoms with Crippen LogP contribution in [0.15, 0.2) is 36.7 Å². The number of aromatic amines is 1. The van der Waals surface area contributed by atoms with Crippen molar-refractivity contribution in [2.45, 2.75) is 26.7 Å². The van der Waals surface area contributed by atoms with Gasteiger partial charge < -0.3 is 9.64 Å². The van der Waals surface area contributed by atoms with Crippen LogP contribution in [-0.2, 0) is 6.42 Å². The van der Waals surface area contributed by atoms with Crippen LogP contribution in [0.4, 0.5) is 0 Å². The van der Waals surface area contributed by atoms with E-state index in [1.54, 1.807) is 29.1 Å². The molecule has 7 nitrogen and oxygen atoms in total. The van der Waals surface area contributed by atoms with Gasteiger partial charge in [-0.1, -0.05) is 12.1 Å². The molecule has 27 heavy (non-hydrogen) atoms. The van der Waals surface area contributed by atoms with E-state index in [1.165, 1.54) is 5.56 Å².